The van der Waals surface area contributed by atoms with Crippen molar-refractivity contribution in [2.75, 3.05) is 6.61 Å². The Bertz CT molecular complexity index is 1250. The minimum absolute atomic E-state index is 0.171. The monoisotopic (exact) mass is 413 g/mol. The molecular formula is C27H27NO3. The average molecular weight is 414 g/mol. The average Bonchev–Trinajstić information content (AvgIpc) is 2.80. The van der Waals surface area contributed by atoms with Gasteiger partial charge in [-0.15, -0.1) is 0 Å². The second-order valence-electron chi connectivity index (χ2n) is 8.14. The number of rotatable bonds is 2. The number of ether oxygens (including phenoxy) is 1. The van der Waals surface area contributed by atoms with Crippen molar-refractivity contribution in [3.05, 3.63) is 98.3 Å². The van der Waals surface area contributed by atoms with Crippen molar-refractivity contribution in [2.45, 2.75) is 33.1 Å². The molecule has 0 radical (unpaired) electrons. The van der Waals surface area contributed by atoms with E-state index in [1.54, 1.807) is 19.3 Å². The van der Waals surface area contributed by atoms with Gasteiger partial charge in [0.15, 0.2) is 0 Å². The first-order chi connectivity index (χ1) is 15.0. The van der Waals surface area contributed by atoms with Gasteiger partial charge in [-0.2, -0.15) is 0 Å². The molecule has 2 aromatic rings. The molecule has 0 amide bonds. The molecule has 0 saturated heterocycles. The zero-order valence-corrected chi connectivity index (χ0v) is 18.0. The highest BCUT2D eigenvalue weighted by Crippen LogP contribution is 2.25. The Morgan fingerprint density at radius 2 is 1.94 bits per heavy atom. The third kappa shape index (κ3) is 4.53. The predicted molar refractivity (Wildman–Crippen MR) is 127 cm³/mol. The Kier molecular flexibility index (Phi) is 6.17. The number of allylic oxidation sites excluding steroid dienone is 6. The molecule has 2 aliphatic carbocycles. The van der Waals surface area contributed by atoms with Crippen LogP contribution in [0.15, 0.2) is 66.6 Å². The van der Waals surface area contributed by atoms with Crippen LogP contribution in [0, 0.1) is 16.0 Å². The fraction of sp³-hybridized carbons (Fsp3) is 0.259. The molecule has 4 heteroatoms. The third-order valence-corrected chi connectivity index (χ3v) is 5.82. The highest BCUT2D eigenvalue weighted by Gasteiger charge is 2.15. The van der Waals surface area contributed by atoms with E-state index in [9.17, 15) is 10.1 Å². The highest BCUT2D eigenvalue weighted by molar-refractivity contribution is 5.92. The van der Waals surface area contributed by atoms with E-state index in [-0.39, 0.29) is 16.5 Å². The van der Waals surface area contributed by atoms with E-state index >= 15 is 0 Å². The Morgan fingerprint density at radius 1 is 1.13 bits per heavy atom. The van der Waals surface area contributed by atoms with Crippen LogP contribution in [0.3, 0.4) is 0 Å². The summed E-state index contributed by atoms with van der Waals surface area (Å²) in [5.74, 6) is 0.254. The maximum absolute atomic E-state index is 11.0. The molecule has 1 aliphatic heterocycles. The Balaban J connectivity index is 0.000000334. The molecule has 31 heavy (non-hydrogen) atoms. The lowest BCUT2D eigenvalue weighted by atomic mass is 9.87. The van der Waals surface area contributed by atoms with Gasteiger partial charge < -0.3 is 4.74 Å². The van der Waals surface area contributed by atoms with Crippen LogP contribution < -0.4 is 10.4 Å². The van der Waals surface area contributed by atoms with Gasteiger partial charge >= 0.3 is 0 Å². The van der Waals surface area contributed by atoms with Gasteiger partial charge in [0.25, 0.3) is 0 Å². The SMILES string of the molecule is C1=CCOC=C1.CC(=CC1=CC(C)C=c2c1ccc1c3c(ccc21)CCCC=3)[N+](=O)[O-]. The van der Waals surface area contributed by atoms with Crippen molar-refractivity contribution in [1.82, 2.24) is 0 Å². The summed E-state index contributed by atoms with van der Waals surface area (Å²) in [5.41, 5.74) is 3.64. The van der Waals surface area contributed by atoms with Crippen molar-refractivity contribution < 1.29 is 9.66 Å². The molecule has 0 N–H and O–H groups in total. The van der Waals surface area contributed by atoms with Crippen molar-refractivity contribution in [1.29, 1.82) is 0 Å². The maximum Gasteiger partial charge on any atom is 0.243 e. The minimum Gasteiger partial charge on any atom is -0.497 e. The fourth-order valence-corrected chi connectivity index (χ4v) is 4.36. The molecule has 0 aromatic heterocycles. The van der Waals surface area contributed by atoms with Gasteiger partial charge in [0.2, 0.25) is 5.70 Å². The Morgan fingerprint density at radius 3 is 2.61 bits per heavy atom. The second-order valence-corrected chi connectivity index (χ2v) is 8.14. The summed E-state index contributed by atoms with van der Waals surface area (Å²) in [4.78, 5) is 10.7. The molecule has 5 rings (SSSR count). The molecule has 1 atom stereocenters. The minimum atomic E-state index is -0.324. The van der Waals surface area contributed by atoms with Gasteiger partial charge in [-0.25, -0.2) is 0 Å². The van der Waals surface area contributed by atoms with Crippen LogP contribution in [0.1, 0.15) is 37.8 Å². The van der Waals surface area contributed by atoms with Crippen molar-refractivity contribution in [3.63, 3.8) is 0 Å². The number of nitrogens with zero attached hydrogens (tertiary/aromatic N) is 1. The first-order valence-electron chi connectivity index (χ1n) is 10.8. The summed E-state index contributed by atoms with van der Waals surface area (Å²) in [5, 5.41) is 16.2. The van der Waals surface area contributed by atoms with Crippen LogP contribution >= 0.6 is 0 Å². The van der Waals surface area contributed by atoms with E-state index in [0.717, 1.165) is 30.6 Å². The number of hydrogen-bond donors (Lipinski definition) is 0. The summed E-state index contributed by atoms with van der Waals surface area (Å²) >= 11 is 0. The van der Waals surface area contributed by atoms with Crippen LogP contribution in [-0.2, 0) is 11.2 Å². The number of hydrogen-bond acceptors (Lipinski definition) is 3. The lowest BCUT2D eigenvalue weighted by Gasteiger charge is -2.17. The highest BCUT2D eigenvalue weighted by atomic mass is 16.6. The van der Waals surface area contributed by atoms with E-state index in [4.69, 9.17) is 4.74 Å². The Labute approximate surface area is 182 Å². The van der Waals surface area contributed by atoms with Crippen LogP contribution in [0.5, 0.6) is 0 Å². The van der Waals surface area contributed by atoms with E-state index in [2.05, 4.69) is 49.4 Å². The zero-order chi connectivity index (χ0) is 21.8. The molecule has 1 unspecified atom stereocenters. The van der Waals surface area contributed by atoms with Gasteiger partial charge in [-0.1, -0.05) is 55.5 Å². The first kappa shape index (κ1) is 20.9. The number of aryl methyl sites for hydroxylation is 1. The maximum atomic E-state index is 11.0. The summed E-state index contributed by atoms with van der Waals surface area (Å²) in [6, 6.07) is 8.78. The first-order valence-corrected chi connectivity index (χ1v) is 10.8. The fourth-order valence-electron chi connectivity index (χ4n) is 4.36. The topological polar surface area (TPSA) is 52.4 Å². The molecule has 3 aliphatic rings. The standard InChI is InChI=1S/C22H21NO2.C5H6O/c1-14-11-17(13-15(2)23(24)25)19-9-10-20-18-6-4-3-5-16(18)7-8-21(20)22(19)12-14;1-2-4-6-5-3-1/h6-14H,3-5H2,1-2H3;1-4H,5H2. The lowest BCUT2D eigenvalue weighted by molar-refractivity contribution is -0.424. The molecular weight excluding hydrogens is 386 g/mol. The van der Waals surface area contributed by atoms with Crippen molar-refractivity contribution >= 4 is 28.5 Å². The molecule has 0 spiro atoms. The number of fused-ring (bicyclic) bond motifs is 5. The van der Waals surface area contributed by atoms with Crippen LogP contribution in [0.4, 0.5) is 0 Å². The Hall–Kier alpha value is -3.40. The van der Waals surface area contributed by atoms with E-state index in [0.29, 0.717) is 0 Å². The second kappa shape index (κ2) is 9.17. The zero-order valence-electron chi connectivity index (χ0n) is 18.0. The van der Waals surface area contributed by atoms with Gasteiger partial charge in [0.1, 0.15) is 6.61 Å². The quantitative estimate of drug-likeness (QED) is 0.512. The van der Waals surface area contributed by atoms with Crippen LogP contribution in [0.2, 0.25) is 0 Å². The van der Waals surface area contributed by atoms with E-state index in [1.165, 1.54) is 33.2 Å². The molecule has 1 heterocycles. The normalized spacial score (nSPS) is 19.0. The van der Waals surface area contributed by atoms with Crippen LogP contribution in [0.25, 0.3) is 28.5 Å². The van der Waals surface area contributed by atoms with Gasteiger partial charge in [-0.3, -0.25) is 10.1 Å². The smallest absolute Gasteiger partial charge is 0.243 e. The summed E-state index contributed by atoms with van der Waals surface area (Å²) in [6.07, 6.45) is 19.4. The summed E-state index contributed by atoms with van der Waals surface area (Å²) in [7, 11) is 0. The van der Waals surface area contributed by atoms with Gasteiger partial charge in [0, 0.05) is 13.0 Å². The molecule has 0 saturated carbocycles. The van der Waals surface area contributed by atoms with Crippen molar-refractivity contribution in [3.8, 4) is 0 Å². The summed E-state index contributed by atoms with van der Waals surface area (Å²) in [6.45, 7) is 4.41. The lowest BCUT2D eigenvalue weighted by Crippen LogP contribution is -2.21. The number of nitro groups is 1. The van der Waals surface area contributed by atoms with E-state index in [1.807, 2.05) is 18.2 Å². The molecule has 4 nitrogen and oxygen atoms in total. The molecule has 2 aromatic carbocycles. The van der Waals surface area contributed by atoms with E-state index < -0.39 is 0 Å². The number of benzene rings is 2. The predicted octanol–water partition coefficient (Wildman–Crippen LogP) is 5.04. The summed E-state index contributed by atoms with van der Waals surface area (Å²) < 4.78 is 4.80. The van der Waals surface area contributed by atoms with Gasteiger partial charge in [0.05, 0.1) is 11.2 Å². The third-order valence-electron chi connectivity index (χ3n) is 5.82. The van der Waals surface area contributed by atoms with Gasteiger partial charge in [-0.05, 0) is 75.2 Å². The molecule has 0 fully saturated rings. The molecule has 0 bridgehead atoms. The molecule has 158 valence electrons. The van der Waals surface area contributed by atoms with Crippen LogP contribution in [-0.4, -0.2) is 11.5 Å². The largest absolute Gasteiger partial charge is 0.497 e. The van der Waals surface area contributed by atoms with Crippen molar-refractivity contribution in [2.24, 2.45) is 5.92 Å².